The van der Waals surface area contributed by atoms with E-state index in [1.54, 1.807) is 29.5 Å². The van der Waals surface area contributed by atoms with Crippen molar-refractivity contribution in [3.8, 4) is 11.5 Å². The summed E-state index contributed by atoms with van der Waals surface area (Å²) in [6.45, 7) is 1.96. The van der Waals surface area contributed by atoms with Crippen LogP contribution in [0.15, 0.2) is 40.9 Å². The average Bonchev–Trinajstić information content (AvgIpc) is 3.19. The number of hydrogen-bond donors (Lipinski definition) is 2. The number of thiophene rings is 1. The van der Waals surface area contributed by atoms with Crippen LogP contribution in [0.1, 0.15) is 61.3 Å². The molecule has 0 bridgehead atoms. The average molecular weight is 527 g/mol. The van der Waals surface area contributed by atoms with Crippen molar-refractivity contribution in [1.29, 1.82) is 0 Å². The Bertz CT molecular complexity index is 1250. The molecule has 0 saturated heterocycles. The summed E-state index contributed by atoms with van der Waals surface area (Å²) in [4.78, 5) is 26.9. The van der Waals surface area contributed by atoms with Crippen molar-refractivity contribution >= 4 is 44.1 Å². The monoisotopic (exact) mass is 526 g/mol. The van der Waals surface area contributed by atoms with E-state index in [0.29, 0.717) is 21.5 Å². The van der Waals surface area contributed by atoms with E-state index in [1.807, 2.05) is 25.1 Å². The second-order valence-corrected chi connectivity index (χ2v) is 10.2. The number of benzene rings is 2. The molecular weight excluding hydrogens is 504 g/mol. The summed E-state index contributed by atoms with van der Waals surface area (Å²) in [5, 5.41) is 7.46. The minimum Gasteiger partial charge on any atom is -0.493 e. The lowest BCUT2D eigenvalue weighted by atomic mass is 9.94. The lowest BCUT2D eigenvalue weighted by Crippen LogP contribution is -2.38. The second kappa shape index (κ2) is 8.83. The van der Waals surface area contributed by atoms with Gasteiger partial charge in [-0.2, -0.15) is 0 Å². The van der Waals surface area contributed by atoms with Gasteiger partial charge in [-0.15, -0.1) is 11.3 Å². The fraction of sp³-hybridized carbons (Fsp3) is 0.280. The number of aryl methyl sites for hydroxylation is 2. The molecule has 2 aromatic carbocycles. The summed E-state index contributed by atoms with van der Waals surface area (Å²) >= 11 is 5.20. The Hall–Kier alpha value is -2.84. The molecule has 1 aliphatic heterocycles. The first-order chi connectivity index (χ1) is 15.9. The van der Waals surface area contributed by atoms with E-state index in [2.05, 4.69) is 26.6 Å². The van der Waals surface area contributed by atoms with E-state index >= 15 is 0 Å². The molecule has 1 aromatic heterocycles. The van der Waals surface area contributed by atoms with Gasteiger partial charge in [0.05, 0.1) is 22.7 Å². The minimum absolute atomic E-state index is 0.0573. The number of carbonyl (C=O) groups is 2. The Morgan fingerprint density at radius 3 is 2.64 bits per heavy atom. The first-order valence-corrected chi connectivity index (χ1v) is 12.4. The van der Waals surface area contributed by atoms with Crippen LogP contribution in [-0.4, -0.2) is 19.0 Å². The predicted molar refractivity (Wildman–Crippen MR) is 132 cm³/mol. The third-order valence-electron chi connectivity index (χ3n) is 6.02. The summed E-state index contributed by atoms with van der Waals surface area (Å²) < 4.78 is 11.7. The van der Waals surface area contributed by atoms with Gasteiger partial charge in [0.25, 0.3) is 5.91 Å². The van der Waals surface area contributed by atoms with E-state index in [9.17, 15) is 9.59 Å². The van der Waals surface area contributed by atoms with Crippen molar-refractivity contribution in [3.63, 3.8) is 0 Å². The van der Waals surface area contributed by atoms with Crippen molar-refractivity contribution < 1.29 is 19.1 Å². The van der Waals surface area contributed by atoms with Crippen molar-refractivity contribution in [2.75, 3.05) is 12.4 Å². The molecule has 0 unspecified atom stereocenters. The summed E-state index contributed by atoms with van der Waals surface area (Å²) in [5.74, 6) is 0.158. The summed E-state index contributed by atoms with van der Waals surface area (Å²) in [6, 6.07) is 10.8. The lowest BCUT2D eigenvalue weighted by molar-refractivity contribution is 0.0728. The van der Waals surface area contributed by atoms with Gasteiger partial charge < -0.3 is 20.1 Å². The van der Waals surface area contributed by atoms with Gasteiger partial charge in [0.15, 0.2) is 11.5 Å². The van der Waals surface area contributed by atoms with Crippen LogP contribution >= 0.6 is 27.3 Å². The molecular formula is C25H23BrN2O4S. The Morgan fingerprint density at radius 1 is 1.12 bits per heavy atom. The zero-order valence-corrected chi connectivity index (χ0v) is 20.7. The molecule has 0 radical (unpaired) electrons. The predicted octanol–water partition coefficient (Wildman–Crippen LogP) is 5.78. The molecule has 2 N–H and O–H groups in total. The number of fused-ring (bicyclic) bond motifs is 3. The summed E-state index contributed by atoms with van der Waals surface area (Å²) in [6.07, 6.45) is 3.87. The van der Waals surface area contributed by atoms with Gasteiger partial charge in [0.1, 0.15) is 11.2 Å². The number of nitrogens with one attached hydrogen (secondary N) is 2. The maximum absolute atomic E-state index is 13.0. The highest BCUT2D eigenvalue weighted by Gasteiger charge is 2.32. The van der Waals surface area contributed by atoms with Gasteiger partial charge in [0.2, 0.25) is 0 Å². The number of esters is 1. The first kappa shape index (κ1) is 22.0. The Kier molecular flexibility index (Phi) is 5.88. The molecule has 2 aliphatic rings. The molecule has 0 saturated carbocycles. The summed E-state index contributed by atoms with van der Waals surface area (Å²) in [7, 11) is 1.52. The summed E-state index contributed by atoms with van der Waals surface area (Å²) in [5.41, 5.74) is 4.29. The van der Waals surface area contributed by atoms with Crippen LogP contribution in [0.2, 0.25) is 0 Å². The molecule has 0 spiro atoms. The van der Waals surface area contributed by atoms with Crippen molar-refractivity contribution in [3.05, 3.63) is 73.6 Å². The molecule has 1 aliphatic carbocycles. The zero-order valence-electron chi connectivity index (χ0n) is 18.3. The molecule has 1 atom stereocenters. The van der Waals surface area contributed by atoms with Crippen LogP contribution in [0.5, 0.6) is 11.5 Å². The van der Waals surface area contributed by atoms with Crippen LogP contribution in [0.3, 0.4) is 0 Å². The van der Waals surface area contributed by atoms with E-state index in [0.717, 1.165) is 41.0 Å². The molecule has 5 rings (SSSR count). The number of rotatable bonds is 4. The van der Waals surface area contributed by atoms with E-state index in [4.69, 9.17) is 9.47 Å². The van der Waals surface area contributed by atoms with Crippen LogP contribution in [0.25, 0.3) is 0 Å². The van der Waals surface area contributed by atoms with Gasteiger partial charge in [-0.25, -0.2) is 4.79 Å². The quantitative estimate of drug-likeness (QED) is 0.332. The molecule has 8 heteroatoms. The van der Waals surface area contributed by atoms with E-state index in [1.165, 1.54) is 24.0 Å². The minimum atomic E-state index is -0.473. The third kappa shape index (κ3) is 4.13. The SMILES string of the molecule is COc1cc([C@H]2NC(=O)c3c(sc4c3CCCC4)N2)cc(Br)c1OC(=O)c1ccc(C)cc1. The fourth-order valence-corrected chi connectivity index (χ4v) is 6.15. The highest BCUT2D eigenvalue weighted by atomic mass is 79.9. The molecule has 3 aromatic rings. The molecule has 6 nitrogen and oxygen atoms in total. The molecule has 1 amide bonds. The van der Waals surface area contributed by atoms with E-state index in [-0.39, 0.29) is 5.91 Å². The first-order valence-electron chi connectivity index (χ1n) is 10.8. The number of amides is 1. The fourth-order valence-electron chi connectivity index (χ4n) is 4.29. The normalized spacial score (nSPS) is 16.8. The van der Waals surface area contributed by atoms with Crippen LogP contribution in [0, 0.1) is 6.92 Å². The number of halogens is 1. The van der Waals surface area contributed by atoms with Crippen molar-refractivity contribution in [2.24, 2.45) is 0 Å². The second-order valence-electron chi connectivity index (χ2n) is 8.26. The molecule has 2 heterocycles. The highest BCUT2D eigenvalue weighted by Crippen LogP contribution is 2.43. The third-order valence-corrected chi connectivity index (χ3v) is 7.83. The maximum Gasteiger partial charge on any atom is 0.343 e. The van der Waals surface area contributed by atoms with Gasteiger partial charge in [-0.1, -0.05) is 17.7 Å². The van der Waals surface area contributed by atoms with Gasteiger partial charge in [-0.3, -0.25) is 4.79 Å². The number of methoxy groups -OCH3 is 1. The van der Waals surface area contributed by atoms with Gasteiger partial charge >= 0.3 is 5.97 Å². The number of hydrogen-bond acceptors (Lipinski definition) is 6. The molecule has 33 heavy (non-hydrogen) atoms. The largest absolute Gasteiger partial charge is 0.493 e. The topological polar surface area (TPSA) is 76.7 Å². The maximum atomic E-state index is 13.0. The number of ether oxygens (including phenoxy) is 2. The Labute approximate surface area is 204 Å². The molecule has 0 fully saturated rings. The van der Waals surface area contributed by atoms with E-state index < -0.39 is 12.1 Å². The Morgan fingerprint density at radius 2 is 1.88 bits per heavy atom. The number of carbonyl (C=O) groups excluding carboxylic acids is 2. The molecule has 170 valence electrons. The Balaban J connectivity index is 1.42. The van der Waals surface area contributed by atoms with Crippen molar-refractivity contribution in [2.45, 2.75) is 38.8 Å². The van der Waals surface area contributed by atoms with Crippen molar-refractivity contribution in [1.82, 2.24) is 5.32 Å². The van der Waals surface area contributed by atoms with Gasteiger partial charge in [-0.05, 0) is 83.9 Å². The van der Waals surface area contributed by atoms with Gasteiger partial charge in [0, 0.05) is 4.88 Å². The number of anilines is 1. The standard InChI is InChI=1S/C25H23BrN2O4S/c1-13-7-9-14(10-8-13)25(30)32-21-17(26)11-15(12-18(21)31-2)22-27-23(29)20-16-5-3-4-6-19(16)33-24(20)28-22/h7-12,22,28H,3-6H2,1-2H3,(H,27,29)/t22-/m0/s1. The highest BCUT2D eigenvalue weighted by molar-refractivity contribution is 9.10. The van der Waals surface area contributed by atoms with Crippen LogP contribution in [0.4, 0.5) is 5.00 Å². The van der Waals surface area contributed by atoms with Crippen LogP contribution in [-0.2, 0) is 12.8 Å². The van der Waals surface area contributed by atoms with Crippen LogP contribution < -0.4 is 20.1 Å². The lowest BCUT2D eigenvalue weighted by Gasteiger charge is -2.27. The smallest absolute Gasteiger partial charge is 0.343 e. The zero-order chi connectivity index (χ0) is 23.1.